The van der Waals surface area contributed by atoms with Crippen molar-refractivity contribution in [3.8, 4) is 6.19 Å². The van der Waals surface area contributed by atoms with Crippen molar-refractivity contribution >= 4 is 26.9 Å². The average Bonchev–Trinajstić information content (AvgIpc) is 3.29. The van der Waals surface area contributed by atoms with Crippen LogP contribution in [0.3, 0.4) is 0 Å². The Hall–Kier alpha value is -2.52. The van der Waals surface area contributed by atoms with Gasteiger partial charge in [0.05, 0.1) is 16.7 Å². The smallest absolute Gasteiger partial charge is 0.334 e. The summed E-state index contributed by atoms with van der Waals surface area (Å²) in [6.45, 7) is 1.30. The number of rotatable bonds is 2. The van der Waals surface area contributed by atoms with Crippen LogP contribution in [-0.2, 0) is 16.4 Å². The second-order valence-corrected chi connectivity index (χ2v) is 8.27. The molecule has 1 unspecified atom stereocenters. The summed E-state index contributed by atoms with van der Waals surface area (Å²) in [4.78, 5) is 7.22. The van der Waals surface area contributed by atoms with Gasteiger partial charge in [-0.05, 0) is 24.6 Å². The minimum Gasteiger partial charge on any atom is -0.334 e. The molecular formula is C15H15F3N6O2S. The van der Waals surface area contributed by atoms with Crippen molar-refractivity contribution < 1.29 is 21.6 Å². The first-order valence-electron chi connectivity index (χ1n) is 8.21. The van der Waals surface area contributed by atoms with Crippen molar-refractivity contribution in [1.82, 2.24) is 19.2 Å². The van der Waals surface area contributed by atoms with Crippen LogP contribution in [0.4, 0.5) is 18.9 Å². The highest BCUT2D eigenvalue weighted by Crippen LogP contribution is 2.33. The van der Waals surface area contributed by atoms with Crippen molar-refractivity contribution in [2.45, 2.75) is 18.6 Å². The first-order valence-corrected chi connectivity index (χ1v) is 9.61. The molecule has 27 heavy (non-hydrogen) atoms. The van der Waals surface area contributed by atoms with Crippen LogP contribution in [0.15, 0.2) is 18.2 Å². The van der Waals surface area contributed by atoms with Gasteiger partial charge in [-0.25, -0.2) is 4.98 Å². The lowest BCUT2D eigenvalue weighted by Gasteiger charge is -2.24. The highest BCUT2D eigenvalue weighted by Gasteiger charge is 2.43. The molecule has 12 heteroatoms. The maximum absolute atomic E-state index is 12.9. The molecule has 0 bridgehead atoms. The minimum atomic E-state index is -4.61. The molecule has 0 amide bonds. The van der Waals surface area contributed by atoms with Crippen LogP contribution in [0, 0.1) is 11.5 Å². The van der Waals surface area contributed by atoms with Gasteiger partial charge in [-0.15, -0.1) is 0 Å². The Bertz CT molecular complexity index is 1030. The van der Waals surface area contributed by atoms with Crippen molar-refractivity contribution in [2.24, 2.45) is 0 Å². The Labute approximate surface area is 153 Å². The number of nitrogens with one attached hydrogen (secondary N) is 1. The van der Waals surface area contributed by atoms with Crippen LogP contribution in [0.5, 0.6) is 0 Å². The number of aromatic amines is 1. The van der Waals surface area contributed by atoms with E-state index in [0.29, 0.717) is 19.5 Å². The van der Waals surface area contributed by atoms with Gasteiger partial charge in [0.1, 0.15) is 0 Å². The number of anilines is 1. The van der Waals surface area contributed by atoms with E-state index in [1.54, 1.807) is 0 Å². The summed E-state index contributed by atoms with van der Waals surface area (Å²) in [6.07, 6.45) is -2.03. The fraction of sp³-hybridized carbons (Fsp3) is 0.467. The molecule has 0 spiro atoms. The van der Waals surface area contributed by atoms with Crippen LogP contribution in [0.1, 0.15) is 12.2 Å². The van der Waals surface area contributed by atoms with Crippen LogP contribution < -0.4 is 4.31 Å². The van der Waals surface area contributed by atoms with Gasteiger partial charge in [0.25, 0.3) is 0 Å². The van der Waals surface area contributed by atoms with Crippen LogP contribution >= 0.6 is 0 Å². The number of nitriles is 1. The van der Waals surface area contributed by atoms with Crippen LogP contribution in [0.25, 0.3) is 11.0 Å². The largest absolute Gasteiger partial charge is 0.449 e. The van der Waals surface area contributed by atoms with E-state index in [4.69, 9.17) is 5.26 Å². The molecule has 0 saturated carbocycles. The van der Waals surface area contributed by atoms with Gasteiger partial charge >= 0.3 is 16.4 Å². The molecule has 0 radical (unpaired) electrons. The lowest BCUT2D eigenvalue weighted by atomic mass is 10.2. The van der Waals surface area contributed by atoms with Gasteiger partial charge in [-0.2, -0.15) is 31.2 Å². The van der Waals surface area contributed by atoms with Crippen molar-refractivity contribution in [2.75, 3.05) is 30.5 Å². The van der Waals surface area contributed by atoms with E-state index in [2.05, 4.69) is 9.97 Å². The van der Waals surface area contributed by atoms with E-state index in [9.17, 15) is 21.6 Å². The molecule has 2 aromatic rings. The van der Waals surface area contributed by atoms with E-state index in [0.717, 1.165) is 0 Å². The molecule has 0 aliphatic carbocycles. The highest BCUT2D eigenvalue weighted by atomic mass is 32.2. The average molecular weight is 400 g/mol. The lowest BCUT2D eigenvalue weighted by molar-refractivity contribution is -0.144. The third kappa shape index (κ3) is 2.96. The van der Waals surface area contributed by atoms with Crippen LogP contribution in [0.2, 0.25) is 0 Å². The summed E-state index contributed by atoms with van der Waals surface area (Å²) in [6, 6.07) is 3.89. The first-order chi connectivity index (χ1) is 12.7. The molecule has 2 fully saturated rings. The van der Waals surface area contributed by atoms with E-state index in [1.165, 1.54) is 31.7 Å². The van der Waals surface area contributed by atoms with Crippen LogP contribution in [-0.4, -0.2) is 59.8 Å². The van der Waals surface area contributed by atoms with Crippen molar-refractivity contribution in [3.05, 3.63) is 24.0 Å². The number of benzene rings is 1. The first kappa shape index (κ1) is 17.9. The van der Waals surface area contributed by atoms with Crippen molar-refractivity contribution in [3.63, 3.8) is 0 Å². The number of nitrogens with zero attached hydrogens (tertiary/aromatic N) is 5. The van der Waals surface area contributed by atoms with Gasteiger partial charge < -0.3 is 9.88 Å². The zero-order valence-corrected chi connectivity index (χ0v) is 14.8. The van der Waals surface area contributed by atoms with Gasteiger partial charge in [0.2, 0.25) is 5.82 Å². The zero-order valence-electron chi connectivity index (χ0n) is 13.9. The number of fused-ring (bicyclic) bond motifs is 1. The Kier molecular flexibility index (Phi) is 3.97. The molecule has 1 N–H and O–H groups in total. The summed E-state index contributed by atoms with van der Waals surface area (Å²) in [7, 11) is -3.82. The molecule has 144 valence electrons. The molecule has 3 heterocycles. The fourth-order valence-corrected chi connectivity index (χ4v) is 5.34. The van der Waals surface area contributed by atoms with Gasteiger partial charge in [-0.1, -0.05) is 0 Å². The number of H-pyrrole nitrogens is 1. The number of hydrogen-bond donors (Lipinski definition) is 1. The molecule has 2 saturated heterocycles. The SMILES string of the molecule is N#CN1CCC(N2CCN(c3ccc4[nH]c(C(F)(F)F)nc4c3)S2(=O)=O)C1. The number of likely N-dealkylation sites (tertiary alicyclic amines) is 1. The summed E-state index contributed by atoms with van der Waals surface area (Å²) >= 11 is 0. The quantitative estimate of drug-likeness (QED) is 0.771. The second-order valence-electron chi connectivity index (χ2n) is 6.46. The number of hydrogen-bond acceptors (Lipinski definition) is 5. The molecule has 8 nitrogen and oxygen atoms in total. The van der Waals surface area contributed by atoms with E-state index >= 15 is 0 Å². The van der Waals surface area contributed by atoms with E-state index in [-0.39, 0.29) is 35.9 Å². The maximum Gasteiger partial charge on any atom is 0.449 e. The minimum absolute atomic E-state index is 0.0463. The van der Waals surface area contributed by atoms with E-state index < -0.39 is 22.2 Å². The summed E-state index contributed by atoms with van der Waals surface area (Å²) in [5.74, 6) is -1.12. The fourth-order valence-electron chi connectivity index (χ4n) is 3.53. The summed E-state index contributed by atoms with van der Waals surface area (Å²) < 4.78 is 66.8. The number of halogens is 3. The lowest BCUT2D eigenvalue weighted by Crippen LogP contribution is -2.41. The van der Waals surface area contributed by atoms with Gasteiger partial charge in [-0.3, -0.25) is 4.31 Å². The normalized spacial score (nSPS) is 23.3. The molecule has 2 aliphatic rings. The third-order valence-corrected chi connectivity index (χ3v) is 6.86. The topological polar surface area (TPSA) is 96.3 Å². The zero-order chi connectivity index (χ0) is 19.4. The molecule has 1 aromatic heterocycles. The standard InChI is InChI=1S/C15H15F3N6O2S/c16-15(17,18)14-20-12-2-1-10(7-13(12)21-14)23-5-6-24(27(23,25)26)11-3-4-22(8-11)9-19/h1-2,7,11H,3-6,8H2,(H,20,21). The van der Waals surface area contributed by atoms with Gasteiger partial charge in [0.15, 0.2) is 6.19 Å². The Morgan fingerprint density at radius 2 is 2.04 bits per heavy atom. The predicted octanol–water partition coefficient (Wildman–Crippen LogP) is 1.50. The number of imidazole rings is 1. The van der Waals surface area contributed by atoms with Crippen molar-refractivity contribution in [1.29, 1.82) is 5.26 Å². The summed E-state index contributed by atoms with van der Waals surface area (Å²) in [5.41, 5.74) is 0.491. The predicted molar refractivity (Wildman–Crippen MR) is 89.7 cm³/mol. The molecular weight excluding hydrogens is 385 g/mol. The maximum atomic E-state index is 12.9. The Balaban J connectivity index is 1.63. The number of alkyl halides is 3. The second kappa shape index (κ2) is 6.00. The summed E-state index contributed by atoms with van der Waals surface area (Å²) in [5, 5.41) is 8.95. The molecule has 4 rings (SSSR count). The third-order valence-electron chi connectivity index (χ3n) is 4.83. The van der Waals surface area contributed by atoms with Gasteiger partial charge in [0, 0.05) is 32.2 Å². The Morgan fingerprint density at radius 3 is 2.70 bits per heavy atom. The Morgan fingerprint density at radius 1 is 1.26 bits per heavy atom. The highest BCUT2D eigenvalue weighted by molar-refractivity contribution is 7.90. The molecule has 1 aromatic carbocycles. The monoisotopic (exact) mass is 400 g/mol. The molecule has 1 atom stereocenters. The van der Waals surface area contributed by atoms with E-state index in [1.807, 2.05) is 6.19 Å². The molecule has 2 aliphatic heterocycles. The number of aromatic nitrogens is 2.